The first-order valence-corrected chi connectivity index (χ1v) is 7.83. The molecule has 0 N–H and O–H groups in total. The Bertz CT molecular complexity index is 796. The van der Waals surface area contributed by atoms with Gasteiger partial charge in [0.1, 0.15) is 0 Å². The second-order valence-electron chi connectivity index (χ2n) is 5.94. The maximum Gasteiger partial charge on any atom is -0.0102 e. The average Bonchev–Trinajstić information content (AvgIpc) is 2.53. The Morgan fingerprint density at radius 3 is 2.40 bits per heavy atom. The number of hydrogen-bond donors (Lipinski definition) is 0. The van der Waals surface area contributed by atoms with E-state index in [4.69, 9.17) is 0 Å². The van der Waals surface area contributed by atoms with Crippen LogP contribution in [0.25, 0.3) is 21.5 Å². The molecule has 0 saturated heterocycles. The smallest absolute Gasteiger partial charge is 0.0102 e. The van der Waals surface area contributed by atoms with E-state index >= 15 is 0 Å². The summed E-state index contributed by atoms with van der Waals surface area (Å²) in [5, 5.41) is 5.79. The van der Waals surface area contributed by atoms with E-state index in [0.717, 1.165) is 6.42 Å². The van der Waals surface area contributed by atoms with Crippen molar-refractivity contribution < 1.29 is 0 Å². The fraction of sp³-hybridized carbons (Fsp3) is 0.300. The first kappa shape index (κ1) is 12.0. The Morgan fingerprint density at radius 2 is 1.50 bits per heavy atom. The van der Waals surface area contributed by atoms with Crippen molar-refractivity contribution >= 4 is 21.5 Å². The molecule has 1 aliphatic carbocycles. The van der Waals surface area contributed by atoms with E-state index in [2.05, 4.69) is 49.4 Å². The zero-order chi connectivity index (χ0) is 13.5. The molecular formula is C20H20. The number of rotatable bonds is 1. The molecule has 0 atom stereocenters. The molecule has 0 fully saturated rings. The molecule has 4 rings (SSSR count). The van der Waals surface area contributed by atoms with E-state index in [1.165, 1.54) is 52.8 Å². The Morgan fingerprint density at radius 1 is 0.750 bits per heavy atom. The molecule has 0 radical (unpaired) electrons. The van der Waals surface area contributed by atoms with Crippen LogP contribution in [0.1, 0.15) is 36.5 Å². The van der Waals surface area contributed by atoms with Gasteiger partial charge < -0.3 is 0 Å². The van der Waals surface area contributed by atoms with E-state index in [1.54, 1.807) is 11.1 Å². The van der Waals surface area contributed by atoms with Crippen LogP contribution in [-0.4, -0.2) is 0 Å². The summed E-state index contributed by atoms with van der Waals surface area (Å²) in [6.45, 7) is 2.24. The average molecular weight is 260 g/mol. The summed E-state index contributed by atoms with van der Waals surface area (Å²) in [4.78, 5) is 0. The fourth-order valence-corrected chi connectivity index (χ4v) is 3.80. The van der Waals surface area contributed by atoms with Gasteiger partial charge in [0.25, 0.3) is 0 Å². The zero-order valence-electron chi connectivity index (χ0n) is 12.1. The van der Waals surface area contributed by atoms with Crippen molar-refractivity contribution in [3.05, 3.63) is 59.2 Å². The normalized spacial score (nSPS) is 14.7. The molecule has 3 aromatic carbocycles. The van der Waals surface area contributed by atoms with Crippen LogP contribution in [0, 0.1) is 0 Å². The molecule has 3 aromatic rings. The Kier molecular flexibility index (Phi) is 2.77. The van der Waals surface area contributed by atoms with Crippen LogP contribution in [-0.2, 0) is 19.3 Å². The van der Waals surface area contributed by atoms with Crippen molar-refractivity contribution in [2.75, 3.05) is 0 Å². The van der Waals surface area contributed by atoms with Crippen molar-refractivity contribution in [3.63, 3.8) is 0 Å². The van der Waals surface area contributed by atoms with Gasteiger partial charge in [0.2, 0.25) is 0 Å². The van der Waals surface area contributed by atoms with Crippen molar-refractivity contribution in [2.24, 2.45) is 0 Å². The molecule has 0 heterocycles. The Balaban J connectivity index is 2.11. The standard InChI is InChI=1S/C20H20/c1-2-14-7-5-9-18-17(14)12-13-19-16-8-4-3-6-15(16)10-11-20(18)19/h5,7,9-13H,2-4,6,8H2,1H3. The summed E-state index contributed by atoms with van der Waals surface area (Å²) in [6.07, 6.45) is 6.32. The zero-order valence-corrected chi connectivity index (χ0v) is 12.1. The van der Waals surface area contributed by atoms with Crippen molar-refractivity contribution in [1.82, 2.24) is 0 Å². The summed E-state index contributed by atoms with van der Waals surface area (Å²) < 4.78 is 0. The first-order chi connectivity index (χ1) is 9.88. The van der Waals surface area contributed by atoms with Crippen LogP contribution < -0.4 is 0 Å². The summed E-state index contributed by atoms with van der Waals surface area (Å²) >= 11 is 0. The van der Waals surface area contributed by atoms with Gasteiger partial charge in [-0.2, -0.15) is 0 Å². The van der Waals surface area contributed by atoms with E-state index in [0.29, 0.717) is 0 Å². The van der Waals surface area contributed by atoms with Crippen molar-refractivity contribution in [1.29, 1.82) is 0 Å². The van der Waals surface area contributed by atoms with Gasteiger partial charge in [-0.25, -0.2) is 0 Å². The quantitative estimate of drug-likeness (QED) is 0.511. The van der Waals surface area contributed by atoms with Gasteiger partial charge >= 0.3 is 0 Å². The first-order valence-electron chi connectivity index (χ1n) is 7.83. The van der Waals surface area contributed by atoms with Gasteiger partial charge in [0.15, 0.2) is 0 Å². The van der Waals surface area contributed by atoms with Gasteiger partial charge in [-0.15, -0.1) is 0 Å². The molecule has 0 spiro atoms. The number of fused-ring (bicyclic) bond motifs is 5. The molecule has 0 heteroatoms. The predicted octanol–water partition coefficient (Wildman–Crippen LogP) is 5.43. The van der Waals surface area contributed by atoms with E-state index in [1.807, 2.05) is 0 Å². The topological polar surface area (TPSA) is 0 Å². The van der Waals surface area contributed by atoms with Crippen molar-refractivity contribution in [3.8, 4) is 0 Å². The molecule has 0 unspecified atom stereocenters. The molecule has 100 valence electrons. The highest BCUT2D eigenvalue weighted by Gasteiger charge is 2.13. The fourth-order valence-electron chi connectivity index (χ4n) is 3.80. The lowest BCUT2D eigenvalue weighted by molar-refractivity contribution is 0.690. The highest BCUT2D eigenvalue weighted by Crippen LogP contribution is 2.34. The second kappa shape index (κ2) is 4.63. The molecule has 0 amide bonds. The molecule has 0 aliphatic heterocycles. The van der Waals surface area contributed by atoms with Gasteiger partial charge in [-0.1, -0.05) is 49.4 Å². The predicted molar refractivity (Wildman–Crippen MR) is 87.5 cm³/mol. The largest absolute Gasteiger partial charge is 0.0613 e. The summed E-state index contributed by atoms with van der Waals surface area (Å²) in [6, 6.07) is 16.2. The van der Waals surface area contributed by atoms with Crippen LogP contribution in [0.2, 0.25) is 0 Å². The molecule has 0 nitrogen and oxygen atoms in total. The van der Waals surface area contributed by atoms with E-state index < -0.39 is 0 Å². The Hall–Kier alpha value is -1.82. The highest BCUT2D eigenvalue weighted by atomic mass is 14.2. The molecule has 20 heavy (non-hydrogen) atoms. The number of aryl methyl sites for hydroxylation is 3. The lowest BCUT2D eigenvalue weighted by atomic mass is 9.86. The summed E-state index contributed by atoms with van der Waals surface area (Å²) in [5.74, 6) is 0. The molecule has 0 aromatic heterocycles. The van der Waals surface area contributed by atoms with Gasteiger partial charge in [-0.3, -0.25) is 0 Å². The van der Waals surface area contributed by atoms with E-state index in [-0.39, 0.29) is 0 Å². The van der Waals surface area contributed by atoms with E-state index in [9.17, 15) is 0 Å². The van der Waals surface area contributed by atoms with Gasteiger partial charge in [-0.05, 0) is 70.3 Å². The lowest BCUT2D eigenvalue weighted by Gasteiger charge is -2.19. The molecule has 0 saturated carbocycles. The van der Waals surface area contributed by atoms with Crippen LogP contribution in [0.3, 0.4) is 0 Å². The maximum absolute atomic E-state index is 2.37. The Labute approximate surface area is 120 Å². The van der Waals surface area contributed by atoms with Crippen molar-refractivity contribution in [2.45, 2.75) is 39.0 Å². The third-order valence-corrected chi connectivity index (χ3v) is 4.86. The summed E-state index contributed by atoms with van der Waals surface area (Å²) in [5.41, 5.74) is 4.65. The van der Waals surface area contributed by atoms with Crippen LogP contribution in [0.4, 0.5) is 0 Å². The van der Waals surface area contributed by atoms with Crippen LogP contribution >= 0.6 is 0 Å². The molecular weight excluding hydrogens is 240 g/mol. The molecule has 0 bridgehead atoms. The minimum atomic E-state index is 1.10. The molecule has 1 aliphatic rings. The minimum Gasteiger partial charge on any atom is -0.0613 e. The number of benzene rings is 3. The third kappa shape index (κ3) is 1.67. The highest BCUT2D eigenvalue weighted by molar-refractivity contribution is 6.09. The van der Waals surface area contributed by atoms with Crippen LogP contribution in [0.15, 0.2) is 42.5 Å². The second-order valence-corrected chi connectivity index (χ2v) is 5.94. The monoisotopic (exact) mass is 260 g/mol. The minimum absolute atomic E-state index is 1.10. The number of hydrogen-bond acceptors (Lipinski definition) is 0. The lowest BCUT2D eigenvalue weighted by Crippen LogP contribution is -2.03. The van der Waals surface area contributed by atoms with Gasteiger partial charge in [0.05, 0.1) is 0 Å². The van der Waals surface area contributed by atoms with Crippen LogP contribution in [0.5, 0.6) is 0 Å². The summed E-state index contributed by atoms with van der Waals surface area (Å²) in [7, 11) is 0. The maximum atomic E-state index is 2.37. The van der Waals surface area contributed by atoms with Gasteiger partial charge in [0, 0.05) is 0 Å². The SMILES string of the molecule is CCc1cccc2c1ccc1c3c(ccc12)CCCC3. The third-order valence-electron chi connectivity index (χ3n) is 4.86.